The summed E-state index contributed by atoms with van der Waals surface area (Å²) >= 11 is 0. The van der Waals surface area contributed by atoms with Gasteiger partial charge in [0, 0.05) is 30.2 Å². The van der Waals surface area contributed by atoms with Gasteiger partial charge in [-0.2, -0.15) is 0 Å². The highest BCUT2D eigenvalue weighted by molar-refractivity contribution is 7.91. The van der Waals surface area contributed by atoms with Crippen molar-refractivity contribution in [2.75, 3.05) is 29.5 Å². The minimum absolute atomic E-state index is 0.138. The van der Waals surface area contributed by atoms with Crippen LogP contribution in [0.3, 0.4) is 0 Å². The van der Waals surface area contributed by atoms with Crippen molar-refractivity contribution < 1.29 is 8.42 Å². The van der Waals surface area contributed by atoms with E-state index in [1.807, 2.05) is 0 Å². The lowest BCUT2D eigenvalue weighted by atomic mass is 9.78. The number of fused-ring (bicyclic) bond motifs is 1. The Balaban J connectivity index is 1.90. The molecule has 3 rings (SSSR count). The van der Waals surface area contributed by atoms with Crippen molar-refractivity contribution in [3.05, 3.63) is 29.8 Å². The minimum atomic E-state index is -2.86. The average Bonchev–Trinajstić information content (AvgIpc) is 3.16. The SMILES string of the molecule is CCC1(CC)CN(C(=NCC2CCS(=O)(=O)C2)NC(C)C)c2ccccc21. The molecule has 0 aromatic heterocycles. The van der Waals surface area contributed by atoms with Gasteiger partial charge in [0.05, 0.1) is 11.5 Å². The molecule has 1 saturated heterocycles. The van der Waals surface area contributed by atoms with E-state index in [0.717, 1.165) is 31.8 Å². The van der Waals surface area contributed by atoms with Crippen LogP contribution in [0.2, 0.25) is 0 Å². The molecule has 27 heavy (non-hydrogen) atoms. The fraction of sp³-hybridized carbons (Fsp3) is 0.667. The normalized spacial score (nSPS) is 23.7. The topological polar surface area (TPSA) is 61.8 Å². The van der Waals surface area contributed by atoms with E-state index in [1.54, 1.807) is 0 Å². The summed E-state index contributed by atoms with van der Waals surface area (Å²) in [6, 6.07) is 8.91. The van der Waals surface area contributed by atoms with Crippen LogP contribution in [-0.2, 0) is 15.3 Å². The van der Waals surface area contributed by atoms with Crippen molar-refractivity contribution in [3.63, 3.8) is 0 Å². The second kappa shape index (κ2) is 7.82. The Bertz CT molecular complexity index is 797. The van der Waals surface area contributed by atoms with Crippen LogP contribution in [0.15, 0.2) is 29.3 Å². The first-order valence-electron chi connectivity index (χ1n) is 10.2. The van der Waals surface area contributed by atoms with Gasteiger partial charge < -0.3 is 10.2 Å². The number of anilines is 1. The summed E-state index contributed by atoms with van der Waals surface area (Å²) in [6.07, 6.45) is 2.91. The molecule has 150 valence electrons. The molecule has 0 aliphatic carbocycles. The van der Waals surface area contributed by atoms with E-state index in [4.69, 9.17) is 4.99 Å². The van der Waals surface area contributed by atoms with Crippen LogP contribution in [-0.4, -0.2) is 45.0 Å². The number of sulfone groups is 1. The van der Waals surface area contributed by atoms with Gasteiger partial charge in [-0.3, -0.25) is 4.99 Å². The van der Waals surface area contributed by atoms with Crippen LogP contribution >= 0.6 is 0 Å². The molecular formula is C21H33N3O2S. The van der Waals surface area contributed by atoms with E-state index < -0.39 is 9.84 Å². The third kappa shape index (κ3) is 4.15. The Kier molecular flexibility index (Phi) is 5.84. The number of hydrogen-bond acceptors (Lipinski definition) is 3. The van der Waals surface area contributed by atoms with Gasteiger partial charge in [0.15, 0.2) is 15.8 Å². The molecule has 1 unspecified atom stereocenters. The number of hydrogen-bond donors (Lipinski definition) is 1. The predicted octanol–water partition coefficient (Wildman–Crippen LogP) is 3.35. The third-order valence-corrected chi connectivity index (χ3v) is 7.92. The predicted molar refractivity (Wildman–Crippen MR) is 113 cm³/mol. The molecule has 1 atom stereocenters. The molecule has 1 fully saturated rings. The van der Waals surface area contributed by atoms with Crippen molar-refractivity contribution in [1.82, 2.24) is 5.32 Å². The first-order chi connectivity index (χ1) is 12.8. The molecule has 6 heteroatoms. The maximum atomic E-state index is 11.8. The van der Waals surface area contributed by atoms with Crippen molar-refractivity contribution in [2.45, 2.75) is 58.4 Å². The molecule has 1 aromatic carbocycles. The maximum absolute atomic E-state index is 11.8. The summed E-state index contributed by atoms with van der Waals surface area (Å²) in [4.78, 5) is 7.20. The molecule has 1 N–H and O–H groups in total. The highest BCUT2D eigenvalue weighted by Crippen LogP contribution is 2.45. The number of guanidine groups is 1. The van der Waals surface area contributed by atoms with Gasteiger partial charge in [0.1, 0.15) is 0 Å². The number of nitrogens with one attached hydrogen (secondary N) is 1. The maximum Gasteiger partial charge on any atom is 0.198 e. The molecular weight excluding hydrogens is 358 g/mol. The van der Waals surface area contributed by atoms with Gasteiger partial charge in [-0.25, -0.2) is 8.42 Å². The van der Waals surface area contributed by atoms with E-state index in [1.165, 1.54) is 11.3 Å². The molecule has 0 bridgehead atoms. The molecule has 1 aromatic rings. The Hall–Kier alpha value is -1.56. The second-order valence-corrected chi connectivity index (χ2v) is 10.6. The number of aliphatic imine (C=N–C) groups is 1. The molecule has 0 radical (unpaired) electrons. The smallest absolute Gasteiger partial charge is 0.198 e. The van der Waals surface area contributed by atoms with Crippen LogP contribution in [0.25, 0.3) is 0 Å². The monoisotopic (exact) mass is 391 g/mol. The number of para-hydroxylation sites is 1. The molecule has 2 aliphatic rings. The fourth-order valence-corrected chi connectivity index (χ4v) is 6.22. The molecule has 2 heterocycles. The largest absolute Gasteiger partial charge is 0.354 e. The number of rotatable bonds is 5. The highest BCUT2D eigenvalue weighted by Gasteiger charge is 2.41. The first-order valence-corrected chi connectivity index (χ1v) is 12.0. The highest BCUT2D eigenvalue weighted by atomic mass is 32.2. The van der Waals surface area contributed by atoms with E-state index in [0.29, 0.717) is 12.3 Å². The van der Waals surface area contributed by atoms with E-state index in [-0.39, 0.29) is 23.1 Å². The summed E-state index contributed by atoms with van der Waals surface area (Å²) in [6.45, 7) is 10.2. The van der Waals surface area contributed by atoms with Crippen molar-refractivity contribution in [1.29, 1.82) is 0 Å². The van der Waals surface area contributed by atoms with E-state index in [2.05, 4.69) is 62.2 Å². The van der Waals surface area contributed by atoms with Crippen LogP contribution in [0.1, 0.15) is 52.5 Å². The van der Waals surface area contributed by atoms with Gasteiger partial charge in [0.2, 0.25) is 0 Å². The Morgan fingerprint density at radius 3 is 2.59 bits per heavy atom. The van der Waals surface area contributed by atoms with E-state index >= 15 is 0 Å². The number of benzene rings is 1. The van der Waals surface area contributed by atoms with E-state index in [9.17, 15) is 8.42 Å². The first kappa shape index (κ1) is 20.2. The minimum Gasteiger partial charge on any atom is -0.354 e. The molecule has 5 nitrogen and oxygen atoms in total. The summed E-state index contributed by atoms with van der Waals surface area (Å²) in [5.74, 6) is 1.60. The van der Waals surface area contributed by atoms with Gasteiger partial charge in [0.25, 0.3) is 0 Å². The lowest BCUT2D eigenvalue weighted by molar-refractivity contribution is 0.428. The number of nitrogens with zero attached hydrogens (tertiary/aromatic N) is 2. The second-order valence-electron chi connectivity index (χ2n) is 8.32. The average molecular weight is 392 g/mol. The van der Waals surface area contributed by atoms with Gasteiger partial charge in [-0.05, 0) is 50.7 Å². The lowest BCUT2D eigenvalue weighted by Crippen LogP contribution is -2.46. The van der Waals surface area contributed by atoms with Crippen molar-refractivity contribution in [2.24, 2.45) is 10.9 Å². The Morgan fingerprint density at radius 2 is 2.00 bits per heavy atom. The molecule has 2 aliphatic heterocycles. The van der Waals surface area contributed by atoms with Gasteiger partial charge in [-0.15, -0.1) is 0 Å². The van der Waals surface area contributed by atoms with Gasteiger partial charge in [-0.1, -0.05) is 32.0 Å². The van der Waals surface area contributed by atoms with Crippen LogP contribution < -0.4 is 10.2 Å². The molecule has 0 spiro atoms. The Morgan fingerprint density at radius 1 is 1.30 bits per heavy atom. The van der Waals surface area contributed by atoms with Crippen LogP contribution in [0.4, 0.5) is 5.69 Å². The zero-order valence-corrected chi connectivity index (χ0v) is 17.8. The third-order valence-electron chi connectivity index (χ3n) is 6.08. The van der Waals surface area contributed by atoms with Crippen molar-refractivity contribution in [3.8, 4) is 0 Å². The molecule has 0 saturated carbocycles. The summed E-state index contributed by atoms with van der Waals surface area (Å²) < 4.78 is 23.5. The fourth-order valence-electron chi connectivity index (χ4n) is 4.37. The summed E-state index contributed by atoms with van der Waals surface area (Å²) in [5.41, 5.74) is 2.77. The van der Waals surface area contributed by atoms with Crippen molar-refractivity contribution >= 4 is 21.5 Å². The van der Waals surface area contributed by atoms with Crippen LogP contribution in [0.5, 0.6) is 0 Å². The summed E-state index contributed by atoms with van der Waals surface area (Å²) in [5, 5.41) is 3.52. The Labute approximate surface area is 164 Å². The summed E-state index contributed by atoms with van der Waals surface area (Å²) in [7, 11) is -2.86. The zero-order chi connectivity index (χ0) is 19.7. The van der Waals surface area contributed by atoms with Crippen LogP contribution in [0, 0.1) is 5.92 Å². The van der Waals surface area contributed by atoms with Gasteiger partial charge >= 0.3 is 0 Å². The lowest BCUT2D eigenvalue weighted by Gasteiger charge is -2.29. The standard InChI is InChI=1S/C21H33N3O2S/c1-5-21(6-2)15-24(19-10-8-7-9-18(19)21)20(23-16(3)4)22-13-17-11-12-27(25,26)14-17/h7-10,16-17H,5-6,11-15H2,1-4H3,(H,22,23). The quantitative estimate of drug-likeness (QED) is 0.618. The molecule has 0 amide bonds. The zero-order valence-electron chi connectivity index (χ0n) is 17.0.